The molecule has 0 saturated carbocycles. The van der Waals surface area contributed by atoms with Crippen LogP contribution in [0.15, 0.2) is 18.3 Å². The summed E-state index contributed by atoms with van der Waals surface area (Å²) in [5.41, 5.74) is 0.544. The molecule has 1 aromatic rings. The minimum absolute atomic E-state index is 0.00826. The average Bonchev–Trinajstić information content (AvgIpc) is 2.98. The number of hydrogen-bond acceptors (Lipinski definition) is 5. The van der Waals surface area contributed by atoms with Crippen LogP contribution in [-0.2, 0) is 4.74 Å². The Morgan fingerprint density at radius 2 is 2.26 bits per heavy atom. The van der Waals surface area contributed by atoms with Crippen LogP contribution in [0.4, 0.5) is 0 Å². The third kappa shape index (κ3) is 4.00. The standard InChI is InChI=1S/C17H25N3O3/c1-22-16-15(6-2-7-18-16)17(21)20-9-4-8-19(10-11-20)13-14-5-3-12-23-14/h2,6-7,14H,3-5,8-13H2,1H3. The molecular formula is C17H25N3O3. The second-order valence-electron chi connectivity index (χ2n) is 6.14. The van der Waals surface area contributed by atoms with Crippen LogP contribution in [0.25, 0.3) is 0 Å². The summed E-state index contributed by atoms with van der Waals surface area (Å²) in [4.78, 5) is 21.2. The van der Waals surface area contributed by atoms with Crippen LogP contribution in [-0.4, -0.2) is 73.2 Å². The van der Waals surface area contributed by atoms with Crippen LogP contribution in [0.2, 0.25) is 0 Å². The maximum Gasteiger partial charge on any atom is 0.259 e. The van der Waals surface area contributed by atoms with Crippen molar-refractivity contribution < 1.29 is 14.3 Å². The number of hydrogen-bond donors (Lipinski definition) is 0. The molecule has 0 spiro atoms. The van der Waals surface area contributed by atoms with E-state index >= 15 is 0 Å². The third-order valence-electron chi connectivity index (χ3n) is 4.56. The number of pyridine rings is 1. The lowest BCUT2D eigenvalue weighted by atomic mass is 10.2. The van der Waals surface area contributed by atoms with E-state index in [0.717, 1.165) is 52.2 Å². The van der Waals surface area contributed by atoms with Crippen molar-refractivity contribution >= 4 is 5.91 Å². The van der Waals surface area contributed by atoms with Crippen molar-refractivity contribution in [2.45, 2.75) is 25.4 Å². The topological polar surface area (TPSA) is 54.9 Å². The number of nitrogens with zero attached hydrogens (tertiary/aromatic N) is 3. The molecule has 0 aliphatic carbocycles. The Morgan fingerprint density at radius 3 is 3.04 bits per heavy atom. The fourth-order valence-corrected chi connectivity index (χ4v) is 3.32. The second-order valence-corrected chi connectivity index (χ2v) is 6.14. The minimum atomic E-state index is 0.00826. The zero-order valence-corrected chi connectivity index (χ0v) is 13.7. The van der Waals surface area contributed by atoms with E-state index in [2.05, 4.69) is 9.88 Å². The zero-order chi connectivity index (χ0) is 16.1. The number of rotatable bonds is 4. The largest absolute Gasteiger partial charge is 0.480 e. The van der Waals surface area contributed by atoms with E-state index in [9.17, 15) is 4.79 Å². The monoisotopic (exact) mass is 319 g/mol. The summed E-state index contributed by atoms with van der Waals surface area (Å²) in [6.45, 7) is 5.31. The van der Waals surface area contributed by atoms with Crippen molar-refractivity contribution in [2.75, 3.05) is 46.4 Å². The zero-order valence-electron chi connectivity index (χ0n) is 13.7. The van der Waals surface area contributed by atoms with Gasteiger partial charge < -0.3 is 14.4 Å². The molecule has 0 N–H and O–H groups in total. The Labute approximate surface area is 137 Å². The Morgan fingerprint density at radius 1 is 1.35 bits per heavy atom. The van der Waals surface area contributed by atoms with Crippen molar-refractivity contribution in [1.29, 1.82) is 0 Å². The van der Waals surface area contributed by atoms with Gasteiger partial charge in [-0.25, -0.2) is 4.98 Å². The van der Waals surface area contributed by atoms with Crippen LogP contribution in [0.5, 0.6) is 5.88 Å². The van der Waals surface area contributed by atoms with Gasteiger partial charge >= 0.3 is 0 Å². The summed E-state index contributed by atoms with van der Waals surface area (Å²) in [7, 11) is 1.55. The lowest BCUT2D eigenvalue weighted by molar-refractivity contribution is 0.0702. The van der Waals surface area contributed by atoms with Crippen LogP contribution in [0.1, 0.15) is 29.6 Å². The van der Waals surface area contributed by atoms with Gasteiger partial charge in [0.1, 0.15) is 5.56 Å². The highest BCUT2D eigenvalue weighted by atomic mass is 16.5. The van der Waals surface area contributed by atoms with E-state index < -0.39 is 0 Å². The molecule has 1 aromatic heterocycles. The van der Waals surface area contributed by atoms with Gasteiger partial charge in [0.05, 0.1) is 13.2 Å². The predicted molar refractivity (Wildman–Crippen MR) is 86.7 cm³/mol. The summed E-state index contributed by atoms with van der Waals surface area (Å²) in [6, 6.07) is 3.56. The van der Waals surface area contributed by atoms with Gasteiger partial charge in [0.25, 0.3) is 5.91 Å². The normalized spacial score (nSPS) is 22.8. The van der Waals surface area contributed by atoms with E-state index in [1.165, 1.54) is 6.42 Å². The summed E-state index contributed by atoms with van der Waals surface area (Å²) in [5.74, 6) is 0.409. The third-order valence-corrected chi connectivity index (χ3v) is 4.56. The number of ether oxygens (including phenoxy) is 2. The highest BCUT2D eigenvalue weighted by Crippen LogP contribution is 2.18. The minimum Gasteiger partial charge on any atom is -0.480 e. The Hall–Kier alpha value is -1.66. The molecule has 126 valence electrons. The van der Waals surface area contributed by atoms with Crippen molar-refractivity contribution in [2.24, 2.45) is 0 Å². The van der Waals surface area contributed by atoms with E-state index in [1.54, 1.807) is 25.4 Å². The Kier molecular flexibility index (Phi) is 5.46. The van der Waals surface area contributed by atoms with Gasteiger partial charge in [-0.1, -0.05) is 0 Å². The lowest BCUT2D eigenvalue weighted by Crippen LogP contribution is -2.37. The average molecular weight is 319 g/mol. The van der Waals surface area contributed by atoms with Gasteiger partial charge in [-0.2, -0.15) is 0 Å². The molecule has 6 heteroatoms. The first-order valence-corrected chi connectivity index (χ1v) is 8.40. The molecule has 2 fully saturated rings. The molecule has 0 radical (unpaired) electrons. The quantitative estimate of drug-likeness (QED) is 0.840. The maximum atomic E-state index is 12.7. The van der Waals surface area contributed by atoms with Crippen LogP contribution < -0.4 is 4.74 Å². The maximum absolute atomic E-state index is 12.7. The highest BCUT2D eigenvalue weighted by Gasteiger charge is 2.25. The van der Waals surface area contributed by atoms with Crippen molar-refractivity contribution in [3.05, 3.63) is 23.9 Å². The summed E-state index contributed by atoms with van der Waals surface area (Å²) in [6.07, 6.45) is 5.33. The molecule has 1 unspecified atom stereocenters. The molecule has 3 rings (SSSR count). The highest BCUT2D eigenvalue weighted by molar-refractivity contribution is 5.96. The van der Waals surface area contributed by atoms with E-state index in [-0.39, 0.29) is 5.91 Å². The molecule has 6 nitrogen and oxygen atoms in total. The molecule has 2 saturated heterocycles. The molecule has 3 heterocycles. The number of aromatic nitrogens is 1. The smallest absolute Gasteiger partial charge is 0.259 e. The van der Waals surface area contributed by atoms with E-state index in [0.29, 0.717) is 17.5 Å². The number of carbonyl (C=O) groups excluding carboxylic acids is 1. The van der Waals surface area contributed by atoms with Gasteiger partial charge in [0.15, 0.2) is 0 Å². The van der Waals surface area contributed by atoms with Gasteiger partial charge in [-0.3, -0.25) is 9.69 Å². The summed E-state index contributed by atoms with van der Waals surface area (Å²) >= 11 is 0. The summed E-state index contributed by atoms with van der Waals surface area (Å²) < 4.78 is 10.9. The first-order chi connectivity index (χ1) is 11.3. The van der Waals surface area contributed by atoms with Crippen molar-refractivity contribution in [3.8, 4) is 5.88 Å². The molecule has 2 aliphatic heterocycles. The Balaban J connectivity index is 1.59. The number of amides is 1. The summed E-state index contributed by atoms with van der Waals surface area (Å²) in [5, 5.41) is 0. The van der Waals surface area contributed by atoms with Crippen LogP contribution in [0, 0.1) is 0 Å². The lowest BCUT2D eigenvalue weighted by Gasteiger charge is -2.24. The van der Waals surface area contributed by atoms with Crippen molar-refractivity contribution in [1.82, 2.24) is 14.8 Å². The van der Waals surface area contributed by atoms with Gasteiger partial charge in [0, 0.05) is 39.0 Å². The first kappa shape index (κ1) is 16.2. The molecule has 2 aliphatic rings. The predicted octanol–water partition coefficient (Wildman–Crippen LogP) is 1.42. The molecular weight excluding hydrogens is 294 g/mol. The van der Waals surface area contributed by atoms with Gasteiger partial charge in [0.2, 0.25) is 5.88 Å². The SMILES string of the molecule is COc1ncccc1C(=O)N1CCCN(CC2CCCO2)CC1. The van der Waals surface area contributed by atoms with E-state index in [4.69, 9.17) is 9.47 Å². The number of carbonyl (C=O) groups is 1. The van der Waals surface area contributed by atoms with Crippen LogP contribution in [0.3, 0.4) is 0 Å². The van der Waals surface area contributed by atoms with Gasteiger partial charge in [-0.15, -0.1) is 0 Å². The Bertz CT molecular complexity index is 532. The first-order valence-electron chi connectivity index (χ1n) is 8.40. The molecule has 0 bridgehead atoms. The second kappa shape index (κ2) is 7.75. The van der Waals surface area contributed by atoms with Gasteiger partial charge in [-0.05, 0) is 37.9 Å². The van der Waals surface area contributed by atoms with Crippen LogP contribution >= 0.6 is 0 Å². The fraction of sp³-hybridized carbons (Fsp3) is 0.647. The molecule has 23 heavy (non-hydrogen) atoms. The van der Waals surface area contributed by atoms with E-state index in [1.807, 2.05) is 4.90 Å². The number of methoxy groups -OCH3 is 1. The molecule has 1 atom stereocenters. The molecule has 0 aromatic carbocycles. The fourth-order valence-electron chi connectivity index (χ4n) is 3.32. The van der Waals surface area contributed by atoms with Crippen molar-refractivity contribution in [3.63, 3.8) is 0 Å². The molecule has 1 amide bonds.